The molecule has 270 valence electrons. The van der Waals surface area contributed by atoms with Crippen molar-refractivity contribution >= 4 is 31.6 Å². The topological polar surface area (TPSA) is 169 Å². The van der Waals surface area contributed by atoms with Crippen molar-refractivity contribution < 1.29 is 40.7 Å². The van der Waals surface area contributed by atoms with Crippen LogP contribution in [0.25, 0.3) is 0 Å². The number of amides is 1. The number of sulfonamides is 2. The highest BCUT2D eigenvalue weighted by Gasteiger charge is 2.34. The number of carbonyl (C=O) groups excluding carboxylic acids is 1. The zero-order valence-corrected chi connectivity index (χ0v) is 30.8. The molecule has 2 aromatic carbocycles. The van der Waals surface area contributed by atoms with Gasteiger partial charge in [0, 0.05) is 38.3 Å². The van der Waals surface area contributed by atoms with Crippen LogP contribution in [0, 0.1) is 26.7 Å². The van der Waals surface area contributed by atoms with Crippen LogP contribution >= 0.6 is 0 Å². The van der Waals surface area contributed by atoms with Gasteiger partial charge in [0.2, 0.25) is 10.0 Å². The molecule has 3 aromatic rings. The van der Waals surface area contributed by atoms with Crippen LogP contribution < -0.4 is 9.46 Å². The Morgan fingerprint density at radius 2 is 1.76 bits per heavy atom. The number of hydrogen-bond donors (Lipinski definition) is 2. The minimum Gasteiger partial charge on any atom is -0.490 e. The fourth-order valence-corrected chi connectivity index (χ4v) is 8.25. The summed E-state index contributed by atoms with van der Waals surface area (Å²) in [6, 6.07) is 10.3. The monoisotopic (exact) mass is 720 g/mol. The van der Waals surface area contributed by atoms with Crippen LogP contribution in [-0.4, -0.2) is 93.8 Å². The largest absolute Gasteiger partial charge is 0.490 e. The van der Waals surface area contributed by atoms with Crippen molar-refractivity contribution in [2.24, 2.45) is 5.92 Å². The van der Waals surface area contributed by atoms with E-state index in [9.17, 15) is 26.7 Å². The molecular weight excluding hydrogens is 673 g/mol. The molecule has 4 rings (SSSR count). The van der Waals surface area contributed by atoms with Crippen LogP contribution in [0.3, 0.4) is 0 Å². The molecule has 0 radical (unpaired) electrons. The lowest BCUT2D eigenvalue weighted by molar-refractivity contribution is -0.00835. The molecule has 0 bridgehead atoms. The van der Waals surface area contributed by atoms with Crippen molar-refractivity contribution in [1.82, 2.24) is 14.4 Å². The van der Waals surface area contributed by atoms with Gasteiger partial charge in [-0.05, 0) is 84.2 Å². The molecule has 0 spiro atoms. The normalized spacial score (nSPS) is 20.7. The number of anilines is 1. The average molecular weight is 721 g/mol. The molecule has 13 nitrogen and oxygen atoms in total. The van der Waals surface area contributed by atoms with E-state index < -0.39 is 44.0 Å². The number of aliphatic hydroxyl groups is 1. The summed E-state index contributed by atoms with van der Waals surface area (Å²) in [5.41, 5.74) is 1.46. The van der Waals surface area contributed by atoms with Crippen molar-refractivity contribution in [3.63, 3.8) is 0 Å². The lowest BCUT2D eigenvalue weighted by Gasteiger charge is -2.35. The Kier molecular flexibility index (Phi) is 12.5. The molecule has 15 heteroatoms. The second-order valence-corrected chi connectivity index (χ2v) is 16.5. The van der Waals surface area contributed by atoms with Crippen LogP contribution in [-0.2, 0) is 24.8 Å². The molecule has 4 atom stereocenters. The summed E-state index contributed by atoms with van der Waals surface area (Å²) in [5, 5.41) is 14.0. The number of carbonyl (C=O) groups is 1. The van der Waals surface area contributed by atoms with E-state index in [1.165, 1.54) is 34.5 Å². The number of ether oxygens (including phenoxy) is 2. The van der Waals surface area contributed by atoms with Gasteiger partial charge in [-0.1, -0.05) is 29.8 Å². The van der Waals surface area contributed by atoms with Gasteiger partial charge < -0.3 is 24.0 Å². The zero-order chi connectivity index (χ0) is 36.1. The number of nitrogens with one attached hydrogen (secondary N) is 1. The Bertz CT molecular complexity index is 1790. The zero-order valence-electron chi connectivity index (χ0n) is 29.2. The molecule has 0 fully saturated rings. The summed E-state index contributed by atoms with van der Waals surface area (Å²) >= 11 is 0. The highest BCUT2D eigenvalue weighted by molar-refractivity contribution is 7.92. The van der Waals surface area contributed by atoms with Crippen LogP contribution in [0.2, 0.25) is 0 Å². The van der Waals surface area contributed by atoms with E-state index in [0.717, 1.165) is 12.0 Å². The van der Waals surface area contributed by atoms with Gasteiger partial charge in [0.15, 0.2) is 5.76 Å². The molecule has 2 heterocycles. The molecule has 1 aromatic heterocycles. The second-order valence-electron chi connectivity index (χ2n) is 12.9. The van der Waals surface area contributed by atoms with Gasteiger partial charge in [-0.2, -0.15) is 4.31 Å². The maximum atomic E-state index is 14.4. The van der Waals surface area contributed by atoms with E-state index in [1.807, 2.05) is 20.8 Å². The maximum absolute atomic E-state index is 14.4. The number of likely N-dealkylation sites (N-methyl/N-ethyl adjacent to an activating group) is 1. The Morgan fingerprint density at radius 1 is 1.06 bits per heavy atom. The number of aromatic nitrogens is 1. The molecule has 0 unspecified atom stereocenters. The van der Waals surface area contributed by atoms with Crippen LogP contribution in [0.5, 0.6) is 5.75 Å². The highest BCUT2D eigenvalue weighted by Crippen LogP contribution is 2.30. The van der Waals surface area contributed by atoms with Gasteiger partial charge in [-0.3, -0.25) is 9.52 Å². The molecule has 1 aliphatic rings. The number of benzene rings is 2. The first-order chi connectivity index (χ1) is 23.0. The summed E-state index contributed by atoms with van der Waals surface area (Å²) in [5.74, 6) is -0.406. The number of aryl methyl sites for hydroxylation is 3. The van der Waals surface area contributed by atoms with Crippen LogP contribution in [0.4, 0.5) is 5.69 Å². The van der Waals surface area contributed by atoms with Crippen molar-refractivity contribution in [1.29, 1.82) is 0 Å². The molecule has 2 N–H and O–H groups in total. The molecule has 1 amide bonds. The van der Waals surface area contributed by atoms with E-state index >= 15 is 0 Å². The first-order valence-electron chi connectivity index (χ1n) is 16.4. The lowest BCUT2D eigenvalue weighted by atomic mass is 10.0. The minimum absolute atomic E-state index is 0.00801. The van der Waals surface area contributed by atoms with Gasteiger partial charge in [-0.15, -0.1) is 0 Å². The second kappa shape index (κ2) is 16.0. The highest BCUT2D eigenvalue weighted by atomic mass is 32.2. The molecule has 0 aliphatic carbocycles. The van der Waals surface area contributed by atoms with E-state index in [-0.39, 0.29) is 64.0 Å². The standard InChI is InChI=1S/C34H48N4O9S2/c1-22-11-14-29(15-12-22)48(41,42)36-28-13-16-31-30(18-28)34(40)38(24(3)21-39)19-23(2)32(45-17-9-8-10-25(4)46-31)20-37(7)49(43,44)33-26(5)35-47-27(33)6/h11-16,18,23-25,32,36,39H,8-10,17,19-21H2,1-7H3/t23-,24+,25-,32-/m1/s1. The Morgan fingerprint density at radius 3 is 2.39 bits per heavy atom. The Balaban J connectivity index is 1.69. The third-order valence-corrected chi connectivity index (χ3v) is 12.2. The van der Waals surface area contributed by atoms with Gasteiger partial charge in [0.1, 0.15) is 16.3 Å². The average Bonchev–Trinajstić information content (AvgIpc) is 3.40. The lowest BCUT2D eigenvalue weighted by Crippen LogP contribution is -2.48. The van der Waals surface area contributed by atoms with Gasteiger partial charge in [0.05, 0.1) is 35.3 Å². The Hall–Kier alpha value is -3.50. The molecule has 0 saturated heterocycles. The molecule has 1 aliphatic heterocycles. The summed E-state index contributed by atoms with van der Waals surface area (Å²) in [7, 11) is -6.47. The molecular formula is C34H48N4O9S2. The molecule has 49 heavy (non-hydrogen) atoms. The smallest absolute Gasteiger partial charge is 0.261 e. The number of aliphatic hydroxyl groups excluding tert-OH is 1. The van der Waals surface area contributed by atoms with Crippen molar-refractivity contribution in [2.45, 2.75) is 88.8 Å². The first kappa shape index (κ1) is 38.3. The van der Waals surface area contributed by atoms with Crippen LogP contribution in [0.15, 0.2) is 56.8 Å². The number of hydrogen-bond acceptors (Lipinski definition) is 10. The maximum Gasteiger partial charge on any atom is 0.261 e. The SMILES string of the molecule is Cc1ccc(S(=O)(=O)Nc2ccc3c(c2)C(=O)N([C@@H](C)CO)C[C@@H](C)[C@@H](CN(C)S(=O)(=O)c2c(C)noc2C)OCCCC[C@@H](C)O3)cc1. The van der Waals surface area contributed by atoms with Crippen LogP contribution in [0.1, 0.15) is 67.4 Å². The number of nitrogens with zero attached hydrogens (tertiary/aromatic N) is 3. The van der Waals surface area contributed by atoms with E-state index in [4.69, 9.17) is 14.0 Å². The number of rotatable bonds is 9. The predicted octanol–water partition coefficient (Wildman–Crippen LogP) is 4.52. The van der Waals surface area contributed by atoms with Crippen molar-refractivity contribution in [2.75, 3.05) is 38.1 Å². The van der Waals surface area contributed by atoms with Crippen molar-refractivity contribution in [3.8, 4) is 5.75 Å². The fourth-order valence-electron chi connectivity index (χ4n) is 5.73. The summed E-state index contributed by atoms with van der Waals surface area (Å²) < 4.78 is 75.0. The first-order valence-corrected chi connectivity index (χ1v) is 19.3. The fraction of sp³-hybridized carbons (Fsp3) is 0.529. The van der Waals surface area contributed by atoms with Gasteiger partial charge >= 0.3 is 0 Å². The third-order valence-electron chi connectivity index (χ3n) is 8.71. The Labute approximate surface area is 289 Å². The number of fused-ring (bicyclic) bond motifs is 1. The quantitative estimate of drug-likeness (QED) is 0.321. The van der Waals surface area contributed by atoms with Gasteiger partial charge in [-0.25, -0.2) is 16.8 Å². The summed E-state index contributed by atoms with van der Waals surface area (Å²) in [4.78, 5) is 16.0. The van der Waals surface area contributed by atoms with Gasteiger partial charge in [0.25, 0.3) is 15.9 Å². The third kappa shape index (κ3) is 9.19. The minimum atomic E-state index is -3.97. The summed E-state index contributed by atoms with van der Waals surface area (Å²) in [6.07, 6.45) is 1.19. The predicted molar refractivity (Wildman–Crippen MR) is 185 cm³/mol. The van der Waals surface area contributed by atoms with E-state index in [1.54, 1.807) is 45.0 Å². The van der Waals surface area contributed by atoms with E-state index in [0.29, 0.717) is 19.4 Å². The molecule has 0 saturated carbocycles. The summed E-state index contributed by atoms with van der Waals surface area (Å²) in [6.45, 7) is 10.5. The van der Waals surface area contributed by atoms with E-state index in [2.05, 4.69) is 9.88 Å². The van der Waals surface area contributed by atoms with Crippen molar-refractivity contribution in [3.05, 3.63) is 65.0 Å².